The van der Waals surface area contributed by atoms with E-state index in [1.807, 2.05) is 24.3 Å². The molecule has 2 atom stereocenters. The normalized spacial score (nSPS) is 27.9. The van der Waals surface area contributed by atoms with Gasteiger partial charge in [-0.2, -0.15) is 0 Å². The average molecular weight is 277 g/mol. The van der Waals surface area contributed by atoms with E-state index in [2.05, 4.69) is 17.1 Å². The first kappa shape index (κ1) is 15.0. The molecule has 0 aromatic heterocycles. The minimum atomic E-state index is -0.948. The molecule has 110 valence electrons. The standard InChI is InChI=1S/C16H23NO3/c1-16(19)9-11-17(12-15(16)18)10-3-4-13-5-7-14(20-2)8-6-13/h3-8,15,18-19H,9-12H2,1-2H3/t15-,16-/m0/s1. The van der Waals surface area contributed by atoms with Crippen LogP contribution in [0.15, 0.2) is 30.3 Å². The van der Waals surface area contributed by atoms with Gasteiger partial charge in [0, 0.05) is 19.6 Å². The highest BCUT2D eigenvalue weighted by atomic mass is 16.5. The summed E-state index contributed by atoms with van der Waals surface area (Å²) >= 11 is 0. The number of β-amino-alcohol motifs (C(OH)–C–C–N with tert-alkyl or cyclic N) is 1. The number of aliphatic hydroxyl groups is 2. The molecule has 0 radical (unpaired) electrons. The molecule has 1 aromatic carbocycles. The molecule has 0 spiro atoms. The van der Waals surface area contributed by atoms with Crippen LogP contribution in [0, 0.1) is 0 Å². The van der Waals surface area contributed by atoms with Gasteiger partial charge in [-0.1, -0.05) is 24.3 Å². The lowest BCUT2D eigenvalue weighted by atomic mass is 9.91. The summed E-state index contributed by atoms with van der Waals surface area (Å²) in [5.74, 6) is 0.850. The summed E-state index contributed by atoms with van der Waals surface area (Å²) in [6.07, 6.45) is 4.06. The van der Waals surface area contributed by atoms with Crippen molar-refractivity contribution in [3.05, 3.63) is 35.9 Å². The Morgan fingerprint density at radius 2 is 2.10 bits per heavy atom. The molecule has 4 heteroatoms. The highest BCUT2D eigenvalue weighted by Crippen LogP contribution is 2.21. The van der Waals surface area contributed by atoms with Gasteiger partial charge in [0.05, 0.1) is 18.8 Å². The Hall–Kier alpha value is -1.36. The van der Waals surface area contributed by atoms with Crippen LogP contribution in [-0.4, -0.2) is 53.6 Å². The number of aliphatic hydroxyl groups excluding tert-OH is 1. The number of hydrogen-bond donors (Lipinski definition) is 2. The summed E-state index contributed by atoms with van der Waals surface area (Å²) in [5, 5.41) is 19.8. The van der Waals surface area contributed by atoms with Crippen LogP contribution in [0.1, 0.15) is 18.9 Å². The third-order valence-corrected chi connectivity index (χ3v) is 3.87. The molecule has 1 aliphatic rings. The zero-order chi connectivity index (χ0) is 14.6. The molecular formula is C16H23NO3. The molecule has 1 heterocycles. The lowest BCUT2D eigenvalue weighted by molar-refractivity contribution is -0.105. The van der Waals surface area contributed by atoms with Crippen LogP contribution in [-0.2, 0) is 0 Å². The van der Waals surface area contributed by atoms with Gasteiger partial charge in [0.25, 0.3) is 0 Å². The second-order valence-corrected chi connectivity index (χ2v) is 5.56. The molecule has 1 aromatic rings. The van der Waals surface area contributed by atoms with Crippen LogP contribution in [0.25, 0.3) is 6.08 Å². The molecule has 1 saturated heterocycles. The molecule has 1 aliphatic heterocycles. The molecule has 1 fully saturated rings. The molecule has 0 bridgehead atoms. The van der Waals surface area contributed by atoms with E-state index >= 15 is 0 Å². The topological polar surface area (TPSA) is 52.9 Å². The van der Waals surface area contributed by atoms with E-state index in [4.69, 9.17) is 4.74 Å². The minimum absolute atomic E-state index is 0.514. The quantitative estimate of drug-likeness (QED) is 0.876. The predicted octanol–water partition coefficient (Wildman–Crippen LogP) is 1.53. The number of methoxy groups -OCH3 is 1. The number of ether oxygens (including phenoxy) is 1. The van der Waals surface area contributed by atoms with Gasteiger partial charge in [0.2, 0.25) is 0 Å². The monoisotopic (exact) mass is 277 g/mol. The van der Waals surface area contributed by atoms with Gasteiger partial charge >= 0.3 is 0 Å². The number of hydrogen-bond acceptors (Lipinski definition) is 4. The Morgan fingerprint density at radius 3 is 2.70 bits per heavy atom. The first-order valence-corrected chi connectivity index (χ1v) is 6.94. The van der Waals surface area contributed by atoms with Gasteiger partial charge in [0.15, 0.2) is 0 Å². The van der Waals surface area contributed by atoms with Crippen LogP contribution in [0.5, 0.6) is 5.75 Å². The van der Waals surface area contributed by atoms with Crippen molar-refractivity contribution in [3.63, 3.8) is 0 Å². The number of rotatable bonds is 4. The maximum absolute atomic E-state index is 9.91. The van der Waals surface area contributed by atoms with Gasteiger partial charge in [-0.25, -0.2) is 0 Å². The van der Waals surface area contributed by atoms with E-state index in [1.54, 1.807) is 14.0 Å². The van der Waals surface area contributed by atoms with Crippen molar-refractivity contribution in [3.8, 4) is 5.75 Å². The summed E-state index contributed by atoms with van der Waals surface area (Å²) < 4.78 is 5.12. The molecule has 2 rings (SSSR count). The average Bonchev–Trinajstić information content (AvgIpc) is 2.44. The Kier molecular flexibility index (Phi) is 4.81. The lowest BCUT2D eigenvalue weighted by Gasteiger charge is -2.39. The highest BCUT2D eigenvalue weighted by Gasteiger charge is 2.35. The van der Waals surface area contributed by atoms with Crippen molar-refractivity contribution in [2.75, 3.05) is 26.7 Å². The Balaban J connectivity index is 1.84. The number of nitrogens with zero attached hydrogens (tertiary/aromatic N) is 1. The van der Waals surface area contributed by atoms with E-state index in [-0.39, 0.29) is 0 Å². The Labute approximate surface area is 120 Å². The van der Waals surface area contributed by atoms with Gasteiger partial charge in [0.1, 0.15) is 5.75 Å². The summed E-state index contributed by atoms with van der Waals surface area (Å²) in [7, 11) is 1.65. The first-order chi connectivity index (χ1) is 9.51. The number of piperidine rings is 1. The number of likely N-dealkylation sites (tertiary alicyclic amines) is 1. The van der Waals surface area contributed by atoms with E-state index < -0.39 is 11.7 Å². The fourth-order valence-electron chi connectivity index (χ4n) is 2.30. The Morgan fingerprint density at radius 1 is 1.40 bits per heavy atom. The zero-order valence-corrected chi connectivity index (χ0v) is 12.1. The van der Waals surface area contributed by atoms with Gasteiger partial charge in [-0.05, 0) is 31.0 Å². The molecule has 0 aliphatic carbocycles. The first-order valence-electron chi connectivity index (χ1n) is 6.94. The predicted molar refractivity (Wildman–Crippen MR) is 79.7 cm³/mol. The summed E-state index contributed by atoms with van der Waals surface area (Å²) in [6.45, 7) is 3.79. The number of benzene rings is 1. The second kappa shape index (κ2) is 6.39. The third-order valence-electron chi connectivity index (χ3n) is 3.87. The molecule has 0 saturated carbocycles. The fourth-order valence-corrected chi connectivity index (χ4v) is 2.30. The van der Waals surface area contributed by atoms with E-state index in [0.717, 1.165) is 24.4 Å². The zero-order valence-electron chi connectivity index (χ0n) is 12.1. The molecular weight excluding hydrogens is 254 g/mol. The lowest BCUT2D eigenvalue weighted by Crippen LogP contribution is -2.53. The smallest absolute Gasteiger partial charge is 0.118 e. The maximum Gasteiger partial charge on any atom is 0.118 e. The van der Waals surface area contributed by atoms with Crippen molar-refractivity contribution in [2.45, 2.75) is 25.0 Å². The molecule has 2 N–H and O–H groups in total. The van der Waals surface area contributed by atoms with E-state index in [1.165, 1.54) is 0 Å². The van der Waals surface area contributed by atoms with Crippen molar-refractivity contribution < 1.29 is 14.9 Å². The highest BCUT2D eigenvalue weighted by molar-refractivity contribution is 5.50. The molecule has 4 nitrogen and oxygen atoms in total. The fraction of sp³-hybridized carbons (Fsp3) is 0.500. The van der Waals surface area contributed by atoms with Crippen molar-refractivity contribution in [1.82, 2.24) is 4.90 Å². The van der Waals surface area contributed by atoms with Crippen molar-refractivity contribution >= 4 is 6.08 Å². The molecule has 0 unspecified atom stereocenters. The van der Waals surface area contributed by atoms with Gasteiger partial charge in [-0.15, -0.1) is 0 Å². The van der Waals surface area contributed by atoms with Gasteiger partial charge < -0.3 is 14.9 Å². The summed E-state index contributed by atoms with van der Waals surface area (Å²) in [4.78, 5) is 2.14. The van der Waals surface area contributed by atoms with Crippen molar-refractivity contribution in [2.24, 2.45) is 0 Å². The third kappa shape index (κ3) is 3.82. The Bertz CT molecular complexity index is 453. The molecule has 0 amide bonds. The summed E-state index contributed by atoms with van der Waals surface area (Å²) in [5.41, 5.74) is 0.172. The van der Waals surface area contributed by atoms with Crippen LogP contribution in [0.2, 0.25) is 0 Å². The second-order valence-electron chi connectivity index (χ2n) is 5.56. The van der Waals surface area contributed by atoms with Crippen LogP contribution >= 0.6 is 0 Å². The maximum atomic E-state index is 9.91. The van der Waals surface area contributed by atoms with Gasteiger partial charge in [-0.3, -0.25) is 4.90 Å². The van der Waals surface area contributed by atoms with Crippen LogP contribution in [0.4, 0.5) is 0 Å². The summed E-state index contributed by atoms with van der Waals surface area (Å²) in [6, 6.07) is 7.87. The molecule has 20 heavy (non-hydrogen) atoms. The van der Waals surface area contributed by atoms with Crippen LogP contribution < -0.4 is 4.74 Å². The van der Waals surface area contributed by atoms with Crippen molar-refractivity contribution in [1.29, 1.82) is 0 Å². The minimum Gasteiger partial charge on any atom is -0.497 e. The van der Waals surface area contributed by atoms with E-state index in [9.17, 15) is 10.2 Å². The largest absolute Gasteiger partial charge is 0.497 e. The van der Waals surface area contributed by atoms with Crippen LogP contribution in [0.3, 0.4) is 0 Å². The SMILES string of the molecule is COc1ccc(C=CCN2CC[C@](C)(O)[C@@H](O)C2)cc1. The van der Waals surface area contributed by atoms with E-state index in [0.29, 0.717) is 13.0 Å².